The van der Waals surface area contributed by atoms with E-state index in [2.05, 4.69) is 62.5 Å². The van der Waals surface area contributed by atoms with Gasteiger partial charge in [-0.2, -0.15) is 8.42 Å². The van der Waals surface area contributed by atoms with E-state index < -0.39 is 71.2 Å². The molecule has 0 bridgehead atoms. The van der Waals surface area contributed by atoms with E-state index in [0.29, 0.717) is 12.8 Å². The van der Waals surface area contributed by atoms with E-state index in [1.54, 1.807) is 0 Å². The highest BCUT2D eigenvalue weighted by atomic mass is 32.2. The highest BCUT2D eigenvalue weighted by Gasteiger charge is 2.46. The minimum Gasteiger partial charge on any atom is -0.462 e. The zero-order chi connectivity index (χ0) is 44.1. The molecule has 2 unspecified atom stereocenters. The highest BCUT2D eigenvalue weighted by Crippen LogP contribution is 2.24. The average molecular weight is 865 g/mol. The number of aliphatic hydroxyl groups excluding tert-OH is 3. The Balaban J connectivity index is 2.50. The van der Waals surface area contributed by atoms with E-state index in [0.717, 1.165) is 83.5 Å². The molecule has 1 saturated heterocycles. The fourth-order valence-electron chi connectivity index (χ4n) is 6.10. The molecule has 12 nitrogen and oxygen atoms in total. The van der Waals surface area contributed by atoms with Crippen molar-refractivity contribution in [2.45, 2.75) is 179 Å². The van der Waals surface area contributed by atoms with Gasteiger partial charge >= 0.3 is 11.9 Å². The summed E-state index contributed by atoms with van der Waals surface area (Å²) in [7, 11) is -4.61. The van der Waals surface area contributed by atoms with Crippen LogP contribution in [0.15, 0.2) is 85.1 Å². The minimum absolute atomic E-state index is 0.128. The van der Waals surface area contributed by atoms with E-state index in [1.165, 1.54) is 19.3 Å². The Bertz CT molecular complexity index is 1430. The SMILES string of the molecule is CC/C=C/C=C/C=C/C=C/CCCCCCCC(=O)O[C@H](COC(=O)CCCCCC/C=C/C/C=C/C/C=C/CCCCC)CO[C@H]1O[C@H](CS(=O)(=O)O)[C@@H](O)C(O)C1O. The van der Waals surface area contributed by atoms with Crippen LogP contribution in [0.2, 0.25) is 0 Å². The molecule has 0 aromatic rings. The monoisotopic (exact) mass is 865 g/mol. The van der Waals surface area contributed by atoms with E-state index in [9.17, 15) is 37.9 Å². The lowest BCUT2D eigenvalue weighted by Gasteiger charge is -2.40. The second-order valence-electron chi connectivity index (χ2n) is 15.1. The molecular formula is C47H76O12S. The van der Waals surface area contributed by atoms with Crippen molar-refractivity contribution in [2.75, 3.05) is 19.0 Å². The standard InChI is InChI=1S/C47H76O12S/c1-3-5-7-9-11-13-15-17-19-20-22-23-25-27-29-31-33-35-42(48)56-37-40(38-57-47-46(52)45(51)44(50)41(59-47)39-60(53,54)55)58-43(49)36-34-32-30-28-26-24-21-18-16-14-12-10-8-6-4-2/h6,8,10-14,16-19,21-23,40-41,44-47,50-52H,3-5,7,9,15,20,24-39H2,1-2H3,(H,53,54,55)/b8-6+,12-10+,13-11+,16-14+,19-17+,21-18+,23-22+/t40-,41-,44-,45?,46?,47+/m1/s1. The van der Waals surface area contributed by atoms with Gasteiger partial charge in [-0.25, -0.2) is 0 Å². The molecule has 60 heavy (non-hydrogen) atoms. The van der Waals surface area contributed by atoms with Crippen LogP contribution in [-0.4, -0.2) is 96.0 Å². The number of aliphatic hydroxyl groups is 3. The molecule has 0 aliphatic carbocycles. The first kappa shape index (κ1) is 54.8. The molecule has 0 aromatic heterocycles. The van der Waals surface area contributed by atoms with Crippen LogP contribution in [-0.2, 0) is 38.7 Å². The summed E-state index contributed by atoms with van der Waals surface area (Å²) in [5.74, 6) is -2.06. The first-order valence-electron chi connectivity index (χ1n) is 22.2. The van der Waals surface area contributed by atoms with E-state index in [1.807, 2.05) is 36.5 Å². The van der Waals surface area contributed by atoms with Crippen LogP contribution in [0.1, 0.15) is 142 Å². The van der Waals surface area contributed by atoms with Gasteiger partial charge in [-0.1, -0.05) is 144 Å². The predicted octanol–water partition coefficient (Wildman–Crippen LogP) is 8.89. The van der Waals surface area contributed by atoms with Crippen LogP contribution in [0.3, 0.4) is 0 Å². The average Bonchev–Trinajstić information content (AvgIpc) is 3.21. The predicted molar refractivity (Wildman–Crippen MR) is 238 cm³/mol. The molecule has 1 fully saturated rings. The van der Waals surface area contributed by atoms with Gasteiger partial charge in [-0.15, -0.1) is 0 Å². The molecule has 0 amide bonds. The lowest BCUT2D eigenvalue weighted by molar-refractivity contribution is -0.297. The minimum atomic E-state index is -4.61. The first-order chi connectivity index (χ1) is 29.0. The van der Waals surface area contributed by atoms with Gasteiger partial charge in [0.25, 0.3) is 10.1 Å². The molecular weight excluding hydrogens is 789 g/mol. The highest BCUT2D eigenvalue weighted by molar-refractivity contribution is 7.85. The van der Waals surface area contributed by atoms with Crippen molar-refractivity contribution in [3.63, 3.8) is 0 Å². The van der Waals surface area contributed by atoms with E-state index in [-0.39, 0.29) is 19.4 Å². The molecule has 1 aliphatic heterocycles. The number of hydrogen-bond acceptors (Lipinski definition) is 11. The molecule has 1 rings (SSSR count). The molecule has 0 radical (unpaired) electrons. The lowest BCUT2D eigenvalue weighted by Crippen LogP contribution is -2.60. The lowest BCUT2D eigenvalue weighted by atomic mass is 10.00. The van der Waals surface area contributed by atoms with Gasteiger partial charge < -0.3 is 34.3 Å². The number of carbonyl (C=O) groups excluding carboxylic acids is 2. The molecule has 0 spiro atoms. The molecule has 13 heteroatoms. The Labute approximate surface area is 360 Å². The van der Waals surface area contributed by atoms with Gasteiger partial charge in [0.05, 0.1) is 6.61 Å². The summed E-state index contributed by atoms with van der Waals surface area (Å²) in [6.07, 6.45) is 37.6. The van der Waals surface area contributed by atoms with Crippen LogP contribution in [0, 0.1) is 0 Å². The fourth-order valence-corrected chi connectivity index (χ4v) is 6.79. The summed E-state index contributed by atoms with van der Waals surface area (Å²) >= 11 is 0. The molecule has 1 aliphatic rings. The topological polar surface area (TPSA) is 186 Å². The third kappa shape index (κ3) is 30.8. The maximum atomic E-state index is 12.8. The van der Waals surface area contributed by atoms with Gasteiger partial charge in [-0.05, 0) is 70.6 Å². The second-order valence-corrected chi connectivity index (χ2v) is 16.6. The number of carbonyl (C=O) groups is 2. The number of esters is 2. The van der Waals surface area contributed by atoms with Gasteiger partial charge in [-0.3, -0.25) is 14.1 Å². The first-order valence-corrected chi connectivity index (χ1v) is 23.8. The third-order valence-corrected chi connectivity index (χ3v) is 10.3. The maximum absolute atomic E-state index is 12.8. The Morgan fingerprint density at radius 3 is 1.72 bits per heavy atom. The van der Waals surface area contributed by atoms with Crippen molar-refractivity contribution in [2.24, 2.45) is 0 Å². The third-order valence-electron chi connectivity index (χ3n) is 9.55. The molecule has 0 saturated carbocycles. The number of hydrogen-bond donors (Lipinski definition) is 4. The van der Waals surface area contributed by atoms with Gasteiger partial charge in [0.15, 0.2) is 12.4 Å². The Hall–Kier alpha value is -3.17. The zero-order valence-corrected chi connectivity index (χ0v) is 37.1. The van der Waals surface area contributed by atoms with Crippen molar-refractivity contribution in [1.82, 2.24) is 0 Å². The smallest absolute Gasteiger partial charge is 0.306 e. The Morgan fingerprint density at radius 2 is 1.12 bits per heavy atom. The molecule has 1 heterocycles. The van der Waals surface area contributed by atoms with Crippen molar-refractivity contribution in [3.8, 4) is 0 Å². The second kappa shape index (κ2) is 36.5. The quantitative estimate of drug-likeness (QED) is 0.0156. The normalized spacial score (nSPS) is 20.9. The van der Waals surface area contributed by atoms with Crippen LogP contribution in [0.5, 0.6) is 0 Å². The number of allylic oxidation sites excluding steroid dienone is 14. The summed E-state index contributed by atoms with van der Waals surface area (Å²) < 4.78 is 54.0. The van der Waals surface area contributed by atoms with Gasteiger partial charge in [0.2, 0.25) is 0 Å². The van der Waals surface area contributed by atoms with Crippen LogP contribution >= 0.6 is 0 Å². The molecule has 342 valence electrons. The van der Waals surface area contributed by atoms with Crippen molar-refractivity contribution >= 4 is 22.1 Å². The molecule has 0 aromatic carbocycles. The largest absolute Gasteiger partial charge is 0.462 e. The van der Waals surface area contributed by atoms with Crippen LogP contribution < -0.4 is 0 Å². The van der Waals surface area contributed by atoms with E-state index >= 15 is 0 Å². The summed E-state index contributed by atoms with van der Waals surface area (Å²) in [6.45, 7) is 3.53. The molecule has 4 N–H and O–H groups in total. The van der Waals surface area contributed by atoms with Gasteiger partial charge in [0.1, 0.15) is 36.8 Å². The van der Waals surface area contributed by atoms with Crippen LogP contribution in [0.25, 0.3) is 0 Å². The summed E-state index contributed by atoms with van der Waals surface area (Å²) in [5.41, 5.74) is 0. The summed E-state index contributed by atoms with van der Waals surface area (Å²) in [4.78, 5) is 25.4. The number of ether oxygens (including phenoxy) is 4. The Kier molecular flexibility index (Phi) is 33.3. The van der Waals surface area contributed by atoms with Gasteiger partial charge in [0, 0.05) is 12.8 Å². The zero-order valence-electron chi connectivity index (χ0n) is 36.3. The van der Waals surface area contributed by atoms with E-state index in [4.69, 9.17) is 18.9 Å². The van der Waals surface area contributed by atoms with Crippen molar-refractivity contribution in [3.05, 3.63) is 85.1 Å². The summed E-state index contributed by atoms with van der Waals surface area (Å²) in [6, 6.07) is 0. The number of rotatable bonds is 35. The van der Waals surface area contributed by atoms with Crippen molar-refractivity contribution in [1.29, 1.82) is 0 Å². The summed E-state index contributed by atoms with van der Waals surface area (Å²) in [5, 5.41) is 30.9. The van der Waals surface area contributed by atoms with Crippen molar-refractivity contribution < 1.29 is 56.8 Å². The Morgan fingerprint density at radius 1 is 0.600 bits per heavy atom. The maximum Gasteiger partial charge on any atom is 0.306 e. The number of unbranched alkanes of at least 4 members (excludes halogenated alkanes) is 12. The van der Waals surface area contributed by atoms with Crippen LogP contribution in [0.4, 0.5) is 0 Å². The molecule has 6 atom stereocenters. The fraction of sp³-hybridized carbons (Fsp3) is 0.660.